The molecule has 4 aromatic heterocycles. The molecule has 0 radical (unpaired) electrons. The number of amides is 1. The van der Waals surface area contributed by atoms with Crippen LogP contribution in [0, 0.1) is 11.3 Å². The second-order valence-electron chi connectivity index (χ2n) is 9.20. The van der Waals surface area contributed by atoms with Crippen LogP contribution in [-0.2, 0) is 4.79 Å². The fourth-order valence-corrected chi connectivity index (χ4v) is 5.36. The van der Waals surface area contributed by atoms with Crippen LogP contribution in [0.5, 0.6) is 0 Å². The molecule has 11 heteroatoms. The third-order valence-corrected chi connectivity index (χ3v) is 7.00. The molecule has 1 fully saturated rings. The molecule has 4 aromatic rings. The molecule has 0 aromatic carbocycles. The van der Waals surface area contributed by atoms with Crippen LogP contribution >= 0.6 is 11.3 Å². The number of hydrogen-bond acceptors (Lipinski definition) is 9. The smallest absolute Gasteiger partial charge is 0.217 e. The molecule has 2 N–H and O–H groups in total. The van der Waals surface area contributed by atoms with Gasteiger partial charge in [-0.25, -0.2) is 4.52 Å². The van der Waals surface area contributed by atoms with Crippen molar-refractivity contribution in [3.63, 3.8) is 0 Å². The summed E-state index contributed by atoms with van der Waals surface area (Å²) in [5.74, 6) is -0.00756. The number of nitrogens with zero attached hydrogens (tertiary/aromatic N) is 7. The van der Waals surface area contributed by atoms with Gasteiger partial charge in [0.25, 0.3) is 0 Å². The number of hydrogen-bond donors (Lipinski definition) is 2. The van der Waals surface area contributed by atoms with Gasteiger partial charge < -0.3 is 15.5 Å². The molecule has 0 spiro atoms. The summed E-state index contributed by atoms with van der Waals surface area (Å²) in [5, 5.41) is 30.7. The Morgan fingerprint density at radius 2 is 2.11 bits per heavy atom. The topological polar surface area (TPSA) is 124 Å². The van der Waals surface area contributed by atoms with E-state index >= 15 is 0 Å². The zero-order chi connectivity index (χ0) is 25.2. The maximum absolute atomic E-state index is 11.5. The van der Waals surface area contributed by atoms with E-state index in [1.165, 1.54) is 11.3 Å². The van der Waals surface area contributed by atoms with Gasteiger partial charge in [0.15, 0.2) is 5.01 Å². The molecule has 1 amide bonds. The van der Waals surface area contributed by atoms with Gasteiger partial charge in [-0.05, 0) is 51.0 Å². The third kappa shape index (κ3) is 4.85. The zero-order valence-electron chi connectivity index (χ0n) is 20.4. The van der Waals surface area contributed by atoms with E-state index in [-0.39, 0.29) is 18.0 Å². The molecule has 0 bridgehead atoms. The first-order valence-electron chi connectivity index (χ1n) is 11.9. The minimum atomic E-state index is -0.00756. The summed E-state index contributed by atoms with van der Waals surface area (Å²) >= 11 is 1.53. The van der Waals surface area contributed by atoms with Crippen molar-refractivity contribution in [2.24, 2.45) is 0 Å². The molecule has 184 valence electrons. The van der Waals surface area contributed by atoms with Crippen molar-refractivity contribution in [2.45, 2.75) is 45.7 Å². The van der Waals surface area contributed by atoms with Gasteiger partial charge in [-0.15, -0.1) is 10.2 Å². The summed E-state index contributed by atoms with van der Waals surface area (Å²) in [7, 11) is 0. The predicted octanol–water partition coefficient (Wildman–Crippen LogP) is 3.71. The second kappa shape index (κ2) is 9.91. The van der Waals surface area contributed by atoms with Crippen LogP contribution in [-0.4, -0.2) is 55.9 Å². The molecule has 5 heterocycles. The van der Waals surface area contributed by atoms with Crippen molar-refractivity contribution in [1.82, 2.24) is 30.1 Å². The summed E-state index contributed by atoms with van der Waals surface area (Å²) in [6.07, 6.45) is 5.34. The monoisotopic (exact) mass is 501 g/mol. The molecule has 10 nitrogen and oxygen atoms in total. The summed E-state index contributed by atoms with van der Waals surface area (Å²) in [6, 6.07) is 10.1. The van der Waals surface area contributed by atoms with E-state index in [0.29, 0.717) is 5.56 Å². The predicted molar refractivity (Wildman–Crippen MR) is 140 cm³/mol. The second-order valence-corrected chi connectivity index (χ2v) is 10.2. The lowest BCUT2D eigenvalue weighted by atomic mass is 10.1. The van der Waals surface area contributed by atoms with Crippen molar-refractivity contribution in [3.05, 3.63) is 42.2 Å². The standard InChI is InChI=1S/C25H27N9OS/c1-15(2)29-21-10-22(23-7-6-19-9-17(11-26)12-28-34(19)23)27-13-20(21)24-31-32-25(36-24)33-8-4-5-18(14-33)30-16(3)35/h6-7,9-10,12-13,15,18H,4-5,8,14H2,1-3H3,(H,27,29)(H,30,35)/t18-/m1/s1. The van der Waals surface area contributed by atoms with Gasteiger partial charge in [0.1, 0.15) is 6.07 Å². The molecule has 0 unspecified atom stereocenters. The van der Waals surface area contributed by atoms with Gasteiger partial charge in [-0.2, -0.15) is 10.4 Å². The largest absolute Gasteiger partial charge is 0.382 e. The van der Waals surface area contributed by atoms with Crippen LogP contribution < -0.4 is 15.5 Å². The minimum Gasteiger partial charge on any atom is -0.382 e. The van der Waals surface area contributed by atoms with Gasteiger partial charge in [0, 0.05) is 44.0 Å². The van der Waals surface area contributed by atoms with E-state index in [2.05, 4.69) is 50.7 Å². The van der Waals surface area contributed by atoms with Crippen LogP contribution in [0.15, 0.2) is 36.7 Å². The number of anilines is 2. The number of fused-ring (bicyclic) bond motifs is 1. The Morgan fingerprint density at radius 1 is 1.25 bits per heavy atom. The Hall–Kier alpha value is -4.04. The van der Waals surface area contributed by atoms with Gasteiger partial charge in [0.05, 0.1) is 34.2 Å². The highest BCUT2D eigenvalue weighted by Gasteiger charge is 2.24. The maximum atomic E-state index is 11.5. The van der Waals surface area contributed by atoms with Crippen molar-refractivity contribution in [1.29, 1.82) is 5.26 Å². The third-order valence-electron chi connectivity index (χ3n) is 5.98. The van der Waals surface area contributed by atoms with Crippen LogP contribution in [0.25, 0.3) is 27.5 Å². The summed E-state index contributed by atoms with van der Waals surface area (Å²) in [6.45, 7) is 7.34. The highest BCUT2D eigenvalue weighted by molar-refractivity contribution is 7.18. The molecule has 36 heavy (non-hydrogen) atoms. The Bertz CT molecular complexity index is 1450. The van der Waals surface area contributed by atoms with Crippen molar-refractivity contribution in [2.75, 3.05) is 23.3 Å². The zero-order valence-corrected chi connectivity index (χ0v) is 21.2. The van der Waals surface area contributed by atoms with Crippen molar-refractivity contribution in [3.8, 4) is 28.0 Å². The lowest BCUT2D eigenvalue weighted by Gasteiger charge is -2.32. The number of rotatable bonds is 6. The molecule has 0 saturated carbocycles. The molecule has 1 aliphatic rings. The molecule has 1 aliphatic heterocycles. The lowest BCUT2D eigenvalue weighted by molar-refractivity contribution is -0.119. The Kier molecular flexibility index (Phi) is 6.52. The van der Waals surface area contributed by atoms with E-state index in [1.54, 1.807) is 23.7 Å². The van der Waals surface area contributed by atoms with Gasteiger partial charge in [0.2, 0.25) is 11.0 Å². The average Bonchev–Trinajstić information content (AvgIpc) is 3.50. The van der Waals surface area contributed by atoms with Crippen molar-refractivity contribution >= 4 is 33.6 Å². The van der Waals surface area contributed by atoms with Crippen LogP contribution in [0.4, 0.5) is 10.8 Å². The number of nitrogens with one attached hydrogen (secondary N) is 2. The fourth-order valence-electron chi connectivity index (χ4n) is 4.46. The van der Waals surface area contributed by atoms with E-state index in [1.807, 2.05) is 24.4 Å². The summed E-state index contributed by atoms with van der Waals surface area (Å²) in [4.78, 5) is 18.4. The number of pyridine rings is 1. The fraction of sp³-hybridized carbons (Fsp3) is 0.360. The Morgan fingerprint density at radius 3 is 2.89 bits per heavy atom. The highest BCUT2D eigenvalue weighted by atomic mass is 32.1. The molecule has 1 saturated heterocycles. The van der Waals surface area contributed by atoms with E-state index in [9.17, 15) is 4.79 Å². The lowest BCUT2D eigenvalue weighted by Crippen LogP contribution is -2.47. The van der Waals surface area contributed by atoms with E-state index in [4.69, 9.17) is 10.2 Å². The van der Waals surface area contributed by atoms with Gasteiger partial charge >= 0.3 is 0 Å². The number of carbonyl (C=O) groups is 1. The first-order chi connectivity index (χ1) is 17.4. The average molecular weight is 502 g/mol. The maximum Gasteiger partial charge on any atom is 0.217 e. The normalized spacial score (nSPS) is 15.8. The van der Waals surface area contributed by atoms with Crippen LogP contribution in [0.2, 0.25) is 0 Å². The molecule has 1 atom stereocenters. The summed E-state index contributed by atoms with van der Waals surface area (Å²) < 4.78 is 1.78. The van der Waals surface area contributed by atoms with Crippen LogP contribution in [0.3, 0.4) is 0 Å². The van der Waals surface area contributed by atoms with Gasteiger partial charge in [-0.1, -0.05) is 11.3 Å². The number of carbonyl (C=O) groups excluding carboxylic acids is 1. The molecular weight excluding hydrogens is 474 g/mol. The SMILES string of the molecule is CC(=O)N[C@@H]1CCCN(c2nnc(-c3cnc(-c4ccc5cc(C#N)cnn45)cc3NC(C)C)s2)C1. The number of nitriles is 1. The molecule has 0 aliphatic carbocycles. The molecular formula is C25H27N9OS. The first-order valence-corrected chi connectivity index (χ1v) is 12.7. The van der Waals surface area contributed by atoms with E-state index < -0.39 is 0 Å². The number of aromatic nitrogens is 5. The number of piperidine rings is 1. The van der Waals surface area contributed by atoms with Crippen LogP contribution in [0.1, 0.15) is 39.2 Å². The molecule has 5 rings (SSSR count). The first kappa shape index (κ1) is 23.7. The van der Waals surface area contributed by atoms with Gasteiger partial charge in [-0.3, -0.25) is 9.78 Å². The Labute approximate surface area is 213 Å². The van der Waals surface area contributed by atoms with Crippen molar-refractivity contribution < 1.29 is 4.79 Å². The van der Waals surface area contributed by atoms with E-state index in [0.717, 1.165) is 64.2 Å². The summed E-state index contributed by atoms with van der Waals surface area (Å²) in [5.41, 5.74) is 4.74. The highest BCUT2D eigenvalue weighted by Crippen LogP contribution is 2.36. The Balaban J connectivity index is 1.46. The minimum absolute atomic E-state index is 0.00756. The quantitative estimate of drug-likeness (QED) is 0.410.